The number of hydrogen-bond acceptors (Lipinski definition) is 2. The number of alkyl halides is 4. The molecule has 7 heteroatoms. The van der Waals surface area contributed by atoms with E-state index in [1.165, 1.54) is 14.0 Å². The Morgan fingerprint density at radius 3 is 2.38 bits per heavy atom. The Kier molecular flexibility index (Phi) is 4.49. The van der Waals surface area contributed by atoms with Crippen molar-refractivity contribution in [1.82, 2.24) is 0 Å². The fraction of sp³-hybridized carbons (Fsp3) is 0.889. The van der Waals surface area contributed by atoms with Crippen molar-refractivity contribution >= 4 is 13.4 Å². The van der Waals surface area contributed by atoms with Crippen LogP contribution < -0.4 is 0 Å². The van der Waals surface area contributed by atoms with Gasteiger partial charge in [-0.25, -0.2) is 0 Å². The van der Waals surface area contributed by atoms with Crippen molar-refractivity contribution in [1.29, 1.82) is 0 Å². The molecule has 0 aromatic heterocycles. The second-order valence-corrected chi connectivity index (χ2v) is 3.78. The predicted molar refractivity (Wildman–Crippen MR) is 52.5 cm³/mol. The second-order valence-electron chi connectivity index (χ2n) is 3.78. The molecule has 4 atom stereocenters. The minimum atomic E-state index is -4.70. The van der Waals surface area contributed by atoms with Crippen LogP contribution in [0.15, 0.2) is 0 Å². The summed E-state index contributed by atoms with van der Waals surface area (Å²) in [6, 6.07) is 0. The molecule has 0 spiro atoms. The quantitative estimate of drug-likeness (QED) is 0.554. The SMILES string of the molecule is C=BC1CC(OC(F)(F)F)C[C@@H](OC)C1F. The molecule has 1 aliphatic carbocycles. The normalized spacial score (nSPS) is 35.8. The average Bonchev–Trinajstić information content (AvgIpc) is 2.18. The molecule has 92 valence electrons. The van der Waals surface area contributed by atoms with Gasteiger partial charge in [-0.1, -0.05) is 0 Å². The number of hydrogen-bond donors (Lipinski definition) is 0. The third kappa shape index (κ3) is 3.55. The fourth-order valence-corrected chi connectivity index (χ4v) is 1.93. The molecule has 2 nitrogen and oxygen atoms in total. The average molecular weight is 240 g/mol. The van der Waals surface area contributed by atoms with Crippen molar-refractivity contribution in [2.75, 3.05) is 7.11 Å². The van der Waals surface area contributed by atoms with Crippen molar-refractivity contribution in [3.63, 3.8) is 0 Å². The van der Waals surface area contributed by atoms with Crippen LogP contribution >= 0.6 is 0 Å². The van der Waals surface area contributed by atoms with E-state index in [2.05, 4.69) is 11.2 Å². The van der Waals surface area contributed by atoms with Crippen LogP contribution in [-0.4, -0.2) is 45.2 Å². The van der Waals surface area contributed by atoms with Gasteiger partial charge in [0.15, 0.2) is 0 Å². The van der Waals surface area contributed by atoms with Gasteiger partial charge in [0.25, 0.3) is 0 Å². The Morgan fingerprint density at radius 1 is 1.31 bits per heavy atom. The molecular formula is C9H13BF4O2. The summed E-state index contributed by atoms with van der Waals surface area (Å²) in [5.41, 5.74) is 0. The Hall–Kier alpha value is -0.425. The van der Waals surface area contributed by atoms with Crippen LogP contribution in [0.2, 0.25) is 5.82 Å². The number of ether oxygens (including phenoxy) is 2. The fourth-order valence-electron chi connectivity index (χ4n) is 1.93. The van der Waals surface area contributed by atoms with E-state index in [9.17, 15) is 17.6 Å². The van der Waals surface area contributed by atoms with E-state index < -0.39 is 30.6 Å². The first-order chi connectivity index (χ1) is 7.37. The van der Waals surface area contributed by atoms with E-state index >= 15 is 0 Å². The van der Waals surface area contributed by atoms with Crippen molar-refractivity contribution < 1.29 is 27.0 Å². The van der Waals surface area contributed by atoms with Gasteiger partial charge in [-0.3, -0.25) is 0 Å². The van der Waals surface area contributed by atoms with Crippen LogP contribution in [0.25, 0.3) is 0 Å². The summed E-state index contributed by atoms with van der Waals surface area (Å²) in [6.07, 6.45) is -8.08. The maximum absolute atomic E-state index is 13.6. The summed E-state index contributed by atoms with van der Waals surface area (Å²) in [6.45, 7) is 4.71. The Bertz CT molecular complexity index is 246. The first-order valence-electron chi connectivity index (χ1n) is 4.91. The van der Waals surface area contributed by atoms with Gasteiger partial charge < -0.3 is 0 Å². The van der Waals surface area contributed by atoms with E-state index in [0.29, 0.717) is 0 Å². The van der Waals surface area contributed by atoms with Crippen LogP contribution in [0.5, 0.6) is 0 Å². The van der Waals surface area contributed by atoms with Gasteiger partial charge in [0.1, 0.15) is 0 Å². The third-order valence-electron chi connectivity index (χ3n) is 2.70. The Balaban J connectivity index is 2.65. The van der Waals surface area contributed by atoms with Gasteiger partial charge in [0.05, 0.1) is 0 Å². The number of rotatable bonds is 3. The van der Waals surface area contributed by atoms with E-state index in [1.807, 2.05) is 0 Å². The zero-order valence-corrected chi connectivity index (χ0v) is 8.84. The monoisotopic (exact) mass is 240 g/mol. The molecule has 1 rings (SSSR count). The molecule has 1 saturated carbocycles. The number of halogens is 4. The molecule has 0 amide bonds. The second kappa shape index (κ2) is 5.27. The maximum atomic E-state index is 13.6. The summed E-state index contributed by atoms with van der Waals surface area (Å²) >= 11 is 0. The summed E-state index contributed by atoms with van der Waals surface area (Å²) < 4.78 is 58.3. The summed E-state index contributed by atoms with van der Waals surface area (Å²) in [4.78, 5) is 0. The van der Waals surface area contributed by atoms with Gasteiger partial charge in [0, 0.05) is 0 Å². The van der Waals surface area contributed by atoms with E-state index in [4.69, 9.17) is 4.74 Å². The molecule has 0 bridgehead atoms. The molecule has 0 N–H and O–H groups in total. The molecule has 0 aromatic carbocycles. The molecule has 0 aliphatic heterocycles. The Labute approximate surface area is 91.8 Å². The summed E-state index contributed by atoms with van der Waals surface area (Å²) in [5, 5.41) is 0. The van der Waals surface area contributed by atoms with Gasteiger partial charge in [-0.15, -0.1) is 0 Å². The molecule has 1 fully saturated rings. The number of methoxy groups -OCH3 is 1. The molecule has 0 heterocycles. The van der Waals surface area contributed by atoms with Gasteiger partial charge in [-0.2, -0.15) is 0 Å². The first-order valence-corrected chi connectivity index (χ1v) is 4.91. The van der Waals surface area contributed by atoms with E-state index in [0.717, 1.165) is 0 Å². The van der Waals surface area contributed by atoms with Crippen molar-refractivity contribution in [2.45, 2.75) is 43.4 Å². The van der Waals surface area contributed by atoms with E-state index in [1.54, 1.807) is 0 Å². The van der Waals surface area contributed by atoms with Gasteiger partial charge in [-0.05, 0) is 0 Å². The molecule has 16 heavy (non-hydrogen) atoms. The molecule has 3 unspecified atom stereocenters. The third-order valence-corrected chi connectivity index (χ3v) is 2.70. The van der Waals surface area contributed by atoms with Crippen LogP contribution in [0.4, 0.5) is 17.6 Å². The van der Waals surface area contributed by atoms with Crippen LogP contribution in [0.1, 0.15) is 12.8 Å². The first kappa shape index (κ1) is 13.6. The Morgan fingerprint density at radius 2 is 1.94 bits per heavy atom. The molecular weight excluding hydrogens is 227 g/mol. The minimum absolute atomic E-state index is 0.0238. The summed E-state index contributed by atoms with van der Waals surface area (Å²) in [7, 11) is 1.27. The van der Waals surface area contributed by atoms with Crippen molar-refractivity contribution in [3.8, 4) is 0 Å². The topological polar surface area (TPSA) is 18.5 Å². The zero-order valence-electron chi connectivity index (χ0n) is 8.84. The zero-order chi connectivity index (χ0) is 12.3. The van der Waals surface area contributed by atoms with E-state index in [-0.39, 0.29) is 12.8 Å². The molecule has 1 aliphatic rings. The molecule has 0 radical (unpaired) electrons. The van der Waals surface area contributed by atoms with Crippen LogP contribution in [0, 0.1) is 0 Å². The van der Waals surface area contributed by atoms with Gasteiger partial charge in [0.2, 0.25) is 0 Å². The predicted octanol–water partition coefficient (Wildman–Crippen LogP) is 1.96. The van der Waals surface area contributed by atoms with Gasteiger partial charge >= 0.3 is 90.9 Å². The molecule has 0 saturated heterocycles. The molecule has 0 aromatic rings. The summed E-state index contributed by atoms with van der Waals surface area (Å²) in [5.74, 6) is -0.661. The standard InChI is InChI=1S/C9H13BF4O2/c1-10-6-3-5(16-9(12,13)14)4-7(15-2)8(6)11/h5-8H,1,3-4H2,2H3/t5?,6?,7-,8?/m1/s1. The van der Waals surface area contributed by atoms with Crippen LogP contribution in [0.3, 0.4) is 0 Å². The van der Waals surface area contributed by atoms with Crippen molar-refractivity contribution in [2.24, 2.45) is 0 Å². The van der Waals surface area contributed by atoms with Crippen molar-refractivity contribution in [3.05, 3.63) is 0 Å². The van der Waals surface area contributed by atoms with Crippen LogP contribution in [-0.2, 0) is 9.47 Å².